The number of carboxylic acid groups (broad SMARTS) is 1. The molecule has 0 saturated carbocycles. The third-order valence-electron chi connectivity index (χ3n) is 9.88. The predicted molar refractivity (Wildman–Crippen MR) is 210 cm³/mol. The van der Waals surface area contributed by atoms with Gasteiger partial charge in [-0.2, -0.15) is 0 Å². The molecule has 2 fully saturated rings. The topological polar surface area (TPSA) is 118 Å². The number of nitrogens with zero attached hydrogens (tertiary/aromatic N) is 2. The van der Waals surface area contributed by atoms with Crippen molar-refractivity contribution in [3.63, 3.8) is 0 Å². The van der Waals surface area contributed by atoms with Crippen molar-refractivity contribution in [2.24, 2.45) is 5.41 Å². The van der Waals surface area contributed by atoms with E-state index >= 15 is 0 Å². The molecule has 4 aromatic carbocycles. The van der Waals surface area contributed by atoms with Crippen LogP contribution in [0.1, 0.15) is 70.3 Å². The molecule has 2 N–H and O–H groups in total. The van der Waals surface area contributed by atoms with Crippen LogP contribution in [0.4, 0.5) is 24.1 Å². The van der Waals surface area contributed by atoms with Gasteiger partial charge >= 0.3 is 12.2 Å². The minimum Gasteiger partial charge on any atom is -0.488 e. The fourth-order valence-corrected chi connectivity index (χ4v) is 7.40. The van der Waals surface area contributed by atoms with Crippen molar-refractivity contribution in [2.75, 3.05) is 25.0 Å². The lowest BCUT2D eigenvalue weighted by Crippen LogP contribution is -2.48. The van der Waals surface area contributed by atoms with E-state index < -0.39 is 46.8 Å². The van der Waals surface area contributed by atoms with Crippen molar-refractivity contribution in [1.29, 1.82) is 0 Å². The lowest BCUT2D eigenvalue weighted by molar-refractivity contribution is 0.0275. The Bertz CT molecular complexity index is 2130. The largest absolute Gasteiger partial charge is 0.488 e. The molecule has 3 unspecified atom stereocenters. The zero-order chi connectivity index (χ0) is 40.5. The summed E-state index contributed by atoms with van der Waals surface area (Å²) < 4.78 is 47.2. The summed E-state index contributed by atoms with van der Waals surface area (Å²) in [4.78, 5) is 41.7. The van der Waals surface area contributed by atoms with Gasteiger partial charge in [-0.15, -0.1) is 0 Å². The Balaban J connectivity index is 1.28. The standard InChI is InChI=1S/C44H49F2N3O7/c1-26-9-8-10-27(21-26)33-24-30(13-16-36(33)54-31-17-19-48(25-31)42(53)56-44(5,6)7)47-40(50)29-12-15-37(32(22-29)28-11-14-34(45)35(46)23-28)55-38-18-20-49(41(51)52)39(38)43(2,3)4/h8-16,21-24,31,38-39H,17-20,25H2,1-7H3,(H,47,50)(H,51,52). The van der Waals surface area contributed by atoms with Crippen LogP contribution in [0.5, 0.6) is 11.5 Å². The summed E-state index contributed by atoms with van der Waals surface area (Å²) in [6, 6.07) is 21.0. The van der Waals surface area contributed by atoms with Crippen LogP contribution >= 0.6 is 0 Å². The molecule has 10 nitrogen and oxygen atoms in total. The van der Waals surface area contributed by atoms with E-state index in [0.29, 0.717) is 48.7 Å². The zero-order valence-electron chi connectivity index (χ0n) is 32.8. The van der Waals surface area contributed by atoms with Crippen LogP contribution < -0.4 is 14.8 Å². The van der Waals surface area contributed by atoms with E-state index in [2.05, 4.69) is 5.32 Å². The number of benzene rings is 4. The molecule has 6 rings (SSSR count). The Morgan fingerprint density at radius 2 is 1.48 bits per heavy atom. The maximum absolute atomic E-state index is 14.6. The Kier molecular flexibility index (Phi) is 11.3. The van der Waals surface area contributed by atoms with Crippen LogP contribution in [0.2, 0.25) is 0 Å². The van der Waals surface area contributed by atoms with Crippen LogP contribution in [-0.2, 0) is 4.74 Å². The Hall–Kier alpha value is -5.65. The number of amides is 3. The molecule has 2 aliphatic heterocycles. The molecule has 296 valence electrons. The first-order valence-electron chi connectivity index (χ1n) is 18.8. The second-order valence-corrected chi connectivity index (χ2v) is 16.6. The molecule has 0 spiro atoms. The number of anilines is 1. The number of hydrogen-bond acceptors (Lipinski definition) is 6. The summed E-state index contributed by atoms with van der Waals surface area (Å²) in [5.74, 6) is -1.64. The number of rotatable bonds is 8. The molecule has 0 bridgehead atoms. The second-order valence-electron chi connectivity index (χ2n) is 16.6. The van der Waals surface area contributed by atoms with E-state index in [4.69, 9.17) is 14.2 Å². The minimum absolute atomic E-state index is 0.230. The van der Waals surface area contributed by atoms with Gasteiger partial charge in [0.1, 0.15) is 29.3 Å². The van der Waals surface area contributed by atoms with Crippen LogP contribution in [0.25, 0.3) is 22.3 Å². The van der Waals surface area contributed by atoms with Gasteiger partial charge in [0.15, 0.2) is 11.6 Å². The maximum Gasteiger partial charge on any atom is 0.410 e. The smallest absolute Gasteiger partial charge is 0.410 e. The first kappa shape index (κ1) is 40.0. The average Bonchev–Trinajstić information content (AvgIpc) is 3.77. The normalized spacial score (nSPS) is 18.5. The van der Waals surface area contributed by atoms with Crippen molar-refractivity contribution in [2.45, 2.75) is 85.2 Å². The Labute approximate surface area is 326 Å². The third-order valence-corrected chi connectivity index (χ3v) is 9.88. The monoisotopic (exact) mass is 769 g/mol. The first-order chi connectivity index (χ1) is 26.4. The van der Waals surface area contributed by atoms with E-state index in [1.165, 1.54) is 11.0 Å². The maximum atomic E-state index is 14.6. The van der Waals surface area contributed by atoms with Crippen molar-refractivity contribution in [1.82, 2.24) is 9.80 Å². The van der Waals surface area contributed by atoms with Gasteiger partial charge in [-0.25, -0.2) is 18.4 Å². The fourth-order valence-electron chi connectivity index (χ4n) is 7.40. The Morgan fingerprint density at radius 3 is 2.16 bits per heavy atom. The SMILES string of the molecule is Cc1cccc(-c2cc(NC(=O)c3ccc(OC4CCN(C(=O)O)C4C(C)(C)C)c(-c4ccc(F)c(F)c4)c3)ccc2OC2CCN(C(=O)OC(C)(C)C)C2)c1. The number of aryl methyl sites for hydroxylation is 1. The molecule has 3 amide bonds. The number of hydrogen-bond donors (Lipinski definition) is 2. The molecular formula is C44H49F2N3O7. The van der Waals surface area contributed by atoms with Gasteiger partial charge in [0.2, 0.25) is 0 Å². The predicted octanol–water partition coefficient (Wildman–Crippen LogP) is 9.79. The van der Waals surface area contributed by atoms with Gasteiger partial charge in [-0.3, -0.25) is 4.79 Å². The second kappa shape index (κ2) is 15.8. The molecule has 56 heavy (non-hydrogen) atoms. The summed E-state index contributed by atoms with van der Waals surface area (Å²) in [7, 11) is 0. The van der Waals surface area contributed by atoms with E-state index in [0.717, 1.165) is 28.8 Å². The fraction of sp³-hybridized carbons (Fsp3) is 0.386. The summed E-state index contributed by atoms with van der Waals surface area (Å²) in [5.41, 5.74) is 2.94. The highest BCUT2D eigenvalue weighted by molar-refractivity contribution is 6.05. The number of carbonyl (C=O) groups excluding carboxylic acids is 2. The Morgan fingerprint density at radius 1 is 0.786 bits per heavy atom. The van der Waals surface area contributed by atoms with E-state index in [-0.39, 0.29) is 29.9 Å². The van der Waals surface area contributed by atoms with Crippen molar-refractivity contribution >= 4 is 23.8 Å². The van der Waals surface area contributed by atoms with Crippen molar-refractivity contribution in [3.05, 3.63) is 102 Å². The molecule has 0 aliphatic carbocycles. The highest BCUT2D eigenvalue weighted by Gasteiger charge is 2.45. The average molecular weight is 770 g/mol. The van der Waals surface area contributed by atoms with Crippen LogP contribution in [0.15, 0.2) is 78.9 Å². The summed E-state index contributed by atoms with van der Waals surface area (Å²) >= 11 is 0. The quantitative estimate of drug-likeness (QED) is 0.183. The molecule has 4 aromatic rings. The molecule has 12 heteroatoms. The molecular weight excluding hydrogens is 720 g/mol. The molecule has 3 atom stereocenters. The molecule has 0 radical (unpaired) electrons. The van der Waals surface area contributed by atoms with Crippen molar-refractivity contribution < 1.29 is 42.5 Å². The first-order valence-corrected chi connectivity index (χ1v) is 18.8. The van der Waals surface area contributed by atoms with Gasteiger partial charge in [-0.1, -0.05) is 56.7 Å². The lowest BCUT2D eigenvalue weighted by atomic mass is 9.83. The van der Waals surface area contributed by atoms with Gasteiger partial charge < -0.3 is 34.4 Å². The van der Waals surface area contributed by atoms with Crippen LogP contribution in [-0.4, -0.2) is 76.5 Å². The number of ether oxygens (including phenoxy) is 3. The highest BCUT2D eigenvalue weighted by Crippen LogP contribution is 2.40. The van der Waals surface area contributed by atoms with Gasteiger partial charge in [0.05, 0.1) is 12.6 Å². The summed E-state index contributed by atoms with van der Waals surface area (Å²) in [6.45, 7) is 14.5. The highest BCUT2D eigenvalue weighted by atomic mass is 19.2. The molecule has 2 saturated heterocycles. The summed E-state index contributed by atoms with van der Waals surface area (Å²) in [5, 5.41) is 12.9. The number of nitrogens with one attached hydrogen (secondary N) is 1. The molecule has 2 heterocycles. The molecule has 0 aromatic heterocycles. The lowest BCUT2D eigenvalue weighted by Gasteiger charge is -2.37. The van der Waals surface area contributed by atoms with Gasteiger partial charge in [0, 0.05) is 48.3 Å². The number of carbonyl (C=O) groups is 3. The van der Waals surface area contributed by atoms with E-state index in [9.17, 15) is 28.3 Å². The third kappa shape index (κ3) is 9.23. The van der Waals surface area contributed by atoms with Crippen molar-refractivity contribution in [3.8, 4) is 33.8 Å². The number of halogens is 2. The van der Waals surface area contributed by atoms with Crippen LogP contribution in [0, 0.1) is 24.0 Å². The summed E-state index contributed by atoms with van der Waals surface area (Å²) in [6.07, 6.45) is -1.17. The van der Waals surface area contributed by atoms with E-state index in [1.807, 2.05) is 78.8 Å². The zero-order valence-corrected chi connectivity index (χ0v) is 32.8. The van der Waals surface area contributed by atoms with E-state index in [1.54, 1.807) is 35.2 Å². The molecule has 2 aliphatic rings. The van der Waals surface area contributed by atoms with Gasteiger partial charge in [-0.05, 0) is 92.8 Å². The van der Waals surface area contributed by atoms with Crippen LogP contribution in [0.3, 0.4) is 0 Å². The van der Waals surface area contributed by atoms with Gasteiger partial charge in [0.25, 0.3) is 5.91 Å². The minimum atomic E-state index is -1.06. The number of likely N-dealkylation sites (tertiary alicyclic amines) is 2.